The van der Waals surface area contributed by atoms with Crippen LogP contribution in [0.4, 0.5) is 0 Å². The molecule has 0 heterocycles. The molecule has 0 aromatic heterocycles. The van der Waals surface area contributed by atoms with Crippen LogP contribution in [-0.2, 0) is 0 Å². The van der Waals surface area contributed by atoms with Gasteiger partial charge in [-0.25, -0.2) is 0 Å². The van der Waals surface area contributed by atoms with E-state index in [-0.39, 0.29) is 5.54 Å². The summed E-state index contributed by atoms with van der Waals surface area (Å²) in [5.74, 6) is 0.886. The molecule has 2 heteroatoms. The summed E-state index contributed by atoms with van der Waals surface area (Å²) in [6.07, 6.45) is 6.51. The van der Waals surface area contributed by atoms with Gasteiger partial charge in [0.15, 0.2) is 0 Å². The third-order valence-electron chi connectivity index (χ3n) is 5.26. The second-order valence-electron chi connectivity index (χ2n) is 6.44. The predicted octanol–water partition coefficient (Wildman–Crippen LogP) is 2.87. The summed E-state index contributed by atoms with van der Waals surface area (Å²) in [6, 6.07) is 0. The molecule has 0 atom stereocenters. The summed E-state index contributed by atoms with van der Waals surface area (Å²) >= 11 is 0. The standard InChI is InChI=1S/C14H30N2/c1-6-13(2,3)12-7-9-14(11-15,10-8-12)16(4)5/h12H,6-11,15H2,1-5H3. The van der Waals surface area contributed by atoms with Gasteiger partial charge in [0, 0.05) is 12.1 Å². The van der Waals surface area contributed by atoms with Gasteiger partial charge in [-0.3, -0.25) is 0 Å². The third kappa shape index (κ3) is 2.60. The second-order valence-corrected chi connectivity index (χ2v) is 6.44. The summed E-state index contributed by atoms with van der Waals surface area (Å²) in [6.45, 7) is 7.96. The quantitative estimate of drug-likeness (QED) is 0.798. The van der Waals surface area contributed by atoms with Crippen LogP contribution in [0.3, 0.4) is 0 Å². The van der Waals surface area contributed by atoms with E-state index in [1.165, 1.54) is 32.1 Å². The normalized spacial score (nSPS) is 32.1. The van der Waals surface area contributed by atoms with Crippen molar-refractivity contribution in [3.05, 3.63) is 0 Å². The zero-order chi connectivity index (χ0) is 12.4. The topological polar surface area (TPSA) is 29.3 Å². The first-order chi connectivity index (χ1) is 7.38. The molecule has 0 radical (unpaired) electrons. The van der Waals surface area contributed by atoms with Crippen molar-refractivity contribution in [2.45, 2.75) is 58.4 Å². The predicted molar refractivity (Wildman–Crippen MR) is 71.5 cm³/mol. The van der Waals surface area contributed by atoms with Crippen molar-refractivity contribution in [1.82, 2.24) is 4.90 Å². The Bertz CT molecular complexity index is 213. The van der Waals surface area contributed by atoms with E-state index >= 15 is 0 Å². The van der Waals surface area contributed by atoms with Crippen LogP contribution in [0.2, 0.25) is 0 Å². The van der Waals surface area contributed by atoms with Gasteiger partial charge in [0.2, 0.25) is 0 Å². The monoisotopic (exact) mass is 226 g/mol. The van der Waals surface area contributed by atoms with Crippen LogP contribution in [0, 0.1) is 11.3 Å². The molecule has 2 N–H and O–H groups in total. The fourth-order valence-corrected chi connectivity index (χ4v) is 3.06. The first-order valence-electron chi connectivity index (χ1n) is 6.75. The fourth-order valence-electron chi connectivity index (χ4n) is 3.06. The van der Waals surface area contributed by atoms with Gasteiger partial charge in [0.1, 0.15) is 0 Å². The molecule has 0 amide bonds. The summed E-state index contributed by atoms with van der Waals surface area (Å²) in [5.41, 5.74) is 6.77. The molecule has 0 unspecified atom stereocenters. The summed E-state index contributed by atoms with van der Waals surface area (Å²) in [5, 5.41) is 0. The maximum atomic E-state index is 5.98. The molecular weight excluding hydrogens is 196 g/mol. The van der Waals surface area contributed by atoms with E-state index < -0.39 is 0 Å². The molecular formula is C14H30N2. The molecule has 0 bridgehead atoms. The third-order valence-corrected chi connectivity index (χ3v) is 5.26. The highest BCUT2D eigenvalue weighted by atomic mass is 15.2. The van der Waals surface area contributed by atoms with Crippen LogP contribution in [0.15, 0.2) is 0 Å². The summed E-state index contributed by atoms with van der Waals surface area (Å²) in [4.78, 5) is 2.35. The van der Waals surface area contributed by atoms with Crippen molar-refractivity contribution in [3.8, 4) is 0 Å². The van der Waals surface area contributed by atoms with Gasteiger partial charge in [-0.1, -0.05) is 27.2 Å². The van der Waals surface area contributed by atoms with Crippen LogP contribution in [0.25, 0.3) is 0 Å². The van der Waals surface area contributed by atoms with E-state index in [0.717, 1.165) is 12.5 Å². The highest BCUT2D eigenvalue weighted by Crippen LogP contribution is 2.44. The van der Waals surface area contributed by atoms with E-state index in [0.29, 0.717) is 5.41 Å². The fraction of sp³-hybridized carbons (Fsp3) is 1.00. The van der Waals surface area contributed by atoms with Crippen LogP contribution in [-0.4, -0.2) is 31.1 Å². The molecule has 16 heavy (non-hydrogen) atoms. The minimum atomic E-state index is 0.278. The lowest BCUT2D eigenvalue weighted by molar-refractivity contribution is 0.0466. The van der Waals surface area contributed by atoms with Crippen molar-refractivity contribution >= 4 is 0 Å². The molecule has 1 aliphatic rings. The van der Waals surface area contributed by atoms with E-state index in [4.69, 9.17) is 5.73 Å². The lowest BCUT2D eigenvalue weighted by atomic mass is 9.65. The zero-order valence-corrected chi connectivity index (χ0v) is 11.8. The number of hydrogen-bond donors (Lipinski definition) is 1. The van der Waals surface area contributed by atoms with Crippen molar-refractivity contribution < 1.29 is 0 Å². The smallest absolute Gasteiger partial charge is 0.0325 e. The summed E-state index contributed by atoms with van der Waals surface area (Å²) < 4.78 is 0. The minimum Gasteiger partial charge on any atom is -0.329 e. The second kappa shape index (κ2) is 5.05. The Balaban J connectivity index is 2.63. The molecule has 1 fully saturated rings. The first kappa shape index (κ1) is 14.0. The van der Waals surface area contributed by atoms with E-state index in [2.05, 4.69) is 39.8 Å². The molecule has 96 valence electrons. The Kier molecular flexibility index (Phi) is 4.42. The van der Waals surface area contributed by atoms with E-state index in [1.807, 2.05) is 0 Å². The minimum absolute atomic E-state index is 0.278. The SMILES string of the molecule is CCC(C)(C)C1CCC(CN)(N(C)C)CC1. The molecule has 1 rings (SSSR count). The average molecular weight is 226 g/mol. The highest BCUT2D eigenvalue weighted by molar-refractivity contribution is 4.96. The van der Waals surface area contributed by atoms with E-state index in [9.17, 15) is 0 Å². The van der Waals surface area contributed by atoms with Gasteiger partial charge in [0.05, 0.1) is 0 Å². The zero-order valence-electron chi connectivity index (χ0n) is 11.8. The van der Waals surface area contributed by atoms with Crippen molar-refractivity contribution in [3.63, 3.8) is 0 Å². The molecule has 0 saturated heterocycles. The van der Waals surface area contributed by atoms with Gasteiger partial charge in [-0.15, -0.1) is 0 Å². The van der Waals surface area contributed by atoms with Crippen LogP contribution >= 0.6 is 0 Å². The maximum absolute atomic E-state index is 5.98. The largest absolute Gasteiger partial charge is 0.329 e. The molecule has 0 aromatic rings. The van der Waals surface area contributed by atoms with Crippen molar-refractivity contribution in [1.29, 1.82) is 0 Å². The number of likely N-dealkylation sites (N-methyl/N-ethyl adjacent to an activating group) is 1. The Hall–Kier alpha value is -0.0800. The molecule has 0 aromatic carbocycles. The van der Waals surface area contributed by atoms with E-state index in [1.54, 1.807) is 0 Å². The first-order valence-corrected chi connectivity index (χ1v) is 6.75. The molecule has 1 aliphatic carbocycles. The Morgan fingerprint density at radius 2 is 1.75 bits per heavy atom. The molecule has 0 spiro atoms. The number of rotatable bonds is 4. The van der Waals surface area contributed by atoms with Gasteiger partial charge in [0.25, 0.3) is 0 Å². The van der Waals surface area contributed by atoms with Gasteiger partial charge in [-0.2, -0.15) is 0 Å². The number of nitrogens with two attached hydrogens (primary N) is 1. The van der Waals surface area contributed by atoms with Crippen molar-refractivity contribution in [2.24, 2.45) is 17.1 Å². The molecule has 0 aliphatic heterocycles. The van der Waals surface area contributed by atoms with Crippen LogP contribution in [0.5, 0.6) is 0 Å². The molecule has 1 saturated carbocycles. The lowest BCUT2D eigenvalue weighted by Gasteiger charge is -2.47. The number of nitrogens with zero attached hydrogens (tertiary/aromatic N) is 1. The summed E-state index contributed by atoms with van der Waals surface area (Å²) in [7, 11) is 4.36. The Labute approximate surface area is 102 Å². The Morgan fingerprint density at radius 1 is 1.25 bits per heavy atom. The number of hydrogen-bond acceptors (Lipinski definition) is 2. The van der Waals surface area contributed by atoms with Gasteiger partial charge < -0.3 is 10.6 Å². The van der Waals surface area contributed by atoms with Gasteiger partial charge >= 0.3 is 0 Å². The highest BCUT2D eigenvalue weighted by Gasteiger charge is 2.39. The lowest BCUT2D eigenvalue weighted by Crippen LogP contribution is -2.53. The van der Waals surface area contributed by atoms with Crippen molar-refractivity contribution in [2.75, 3.05) is 20.6 Å². The van der Waals surface area contributed by atoms with Crippen LogP contribution < -0.4 is 5.73 Å². The average Bonchev–Trinajstić information content (AvgIpc) is 2.28. The Morgan fingerprint density at radius 3 is 2.06 bits per heavy atom. The van der Waals surface area contributed by atoms with Gasteiger partial charge in [-0.05, 0) is 51.1 Å². The molecule has 2 nitrogen and oxygen atoms in total. The maximum Gasteiger partial charge on any atom is 0.0325 e. The van der Waals surface area contributed by atoms with Crippen LogP contribution in [0.1, 0.15) is 52.9 Å².